The predicted molar refractivity (Wildman–Crippen MR) is 76.3 cm³/mol. The minimum Gasteiger partial charge on any atom is -0.398 e. The normalized spacial score (nSPS) is 12.3. The maximum Gasteiger partial charge on any atom is 0.245 e. The Morgan fingerprint density at radius 2 is 2.00 bits per heavy atom. The molecule has 1 rings (SSSR count). The number of benzene rings is 1. The first-order valence-corrected chi connectivity index (χ1v) is 7.74. The molecule has 1 aromatic carbocycles. The molecule has 0 aliphatic rings. The predicted octanol–water partition coefficient (Wildman–Crippen LogP) is 1.36. The number of anilines is 1. The number of hydrogen-bond donors (Lipinski definition) is 2. The van der Waals surface area contributed by atoms with Crippen molar-refractivity contribution in [3.05, 3.63) is 23.8 Å². The van der Waals surface area contributed by atoms with Crippen LogP contribution in [0.4, 0.5) is 5.69 Å². The van der Waals surface area contributed by atoms with Gasteiger partial charge < -0.3 is 10.8 Å². The Hall–Kier alpha value is -1.11. The molecule has 3 N–H and O–H groups in total. The number of aliphatic hydroxyl groups is 1. The van der Waals surface area contributed by atoms with Crippen LogP contribution in [0.2, 0.25) is 0 Å². The smallest absolute Gasteiger partial charge is 0.245 e. The van der Waals surface area contributed by atoms with E-state index in [0.29, 0.717) is 12.0 Å². The van der Waals surface area contributed by atoms with Gasteiger partial charge in [-0.15, -0.1) is 0 Å². The summed E-state index contributed by atoms with van der Waals surface area (Å²) in [5, 5.41) is 8.90. The SMILES string of the molecule is Cc1cccc(N)c1S(=O)(=O)N(CCCO)C(C)C. The molecule has 1 aromatic rings. The van der Waals surface area contributed by atoms with Gasteiger partial charge in [-0.2, -0.15) is 4.31 Å². The van der Waals surface area contributed by atoms with Crippen molar-refractivity contribution < 1.29 is 13.5 Å². The van der Waals surface area contributed by atoms with E-state index in [1.54, 1.807) is 25.1 Å². The zero-order valence-electron chi connectivity index (χ0n) is 11.6. The lowest BCUT2D eigenvalue weighted by molar-refractivity contribution is 0.258. The molecular weight excluding hydrogens is 264 g/mol. The molecule has 108 valence electrons. The Kier molecular flexibility index (Phi) is 5.34. The molecule has 0 bridgehead atoms. The number of nitrogens with two attached hydrogens (primary N) is 1. The number of rotatable bonds is 6. The van der Waals surface area contributed by atoms with E-state index in [0.717, 1.165) is 0 Å². The van der Waals surface area contributed by atoms with E-state index in [1.807, 2.05) is 13.8 Å². The van der Waals surface area contributed by atoms with Crippen molar-refractivity contribution in [1.82, 2.24) is 4.31 Å². The lowest BCUT2D eigenvalue weighted by atomic mass is 10.2. The van der Waals surface area contributed by atoms with Crippen LogP contribution in [-0.2, 0) is 10.0 Å². The average molecular weight is 286 g/mol. The molecular formula is C13H22N2O3S. The van der Waals surface area contributed by atoms with Crippen LogP contribution >= 0.6 is 0 Å². The average Bonchev–Trinajstić information content (AvgIpc) is 2.27. The molecule has 0 radical (unpaired) electrons. The quantitative estimate of drug-likeness (QED) is 0.773. The second-order valence-electron chi connectivity index (χ2n) is 4.78. The number of aryl methyl sites for hydroxylation is 1. The molecule has 0 heterocycles. The molecule has 0 amide bonds. The van der Waals surface area contributed by atoms with Gasteiger partial charge in [-0.05, 0) is 38.8 Å². The summed E-state index contributed by atoms with van der Waals surface area (Å²) in [5.41, 5.74) is 6.71. The van der Waals surface area contributed by atoms with Crippen LogP contribution < -0.4 is 5.73 Å². The lowest BCUT2D eigenvalue weighted by Crippen LogP contribution is -2.38. The first-order valence-electron chi connectivity index (χ1n) is 6.30. The van der Waals surface area contributed by atoms with Crippen molar-refractivity contribution in [2.75, 3.05) is 18.9 Å². The largest absolute Gasteiger partial charge is 0.398 e. The van der Waals surface area contributed by atoms with Crippen LogP contribution in [0.1, 0.15) is 25.8 Å². The summed E-state index contributed by atoms with van der Waals surface area (Å²) in [6.07, 6.45) is 0.406. The van der Waals surface area contributed by atoms with Crippen LogP contribution in [0.25, 0.3) is 0 Å². The van der Waals surface area contributed by atoms with E-state index in [9.17, 15) is 8.42 Å². The first-order chi connectivity index (χ1) is 8.82. The zero-order valence-corrected chi connectivity index (χ0v) is 12.4. The maximum atomic E-state index is 12.7. The van der Waals surface area contributed by atoms with Gasteiger partial charge in [-0.3, -0.25) is 0 Å². The Bertz CT molecular complexity index is 506. The second kappa shape index (κ2) is 6.36. The van der Waals surface area contributed by atoms with E-state index in [4.69, 9.17) is 10.8 Å². The Morgan fingerprint density at radius 3 is 2.47 bits per heavy atom. The number of aliphatic hydroxyl groups excluding tert-OH is 1. The standard InChI is InChI=1S/C13H22N2O3S/c1-10(2)15(8-5-9-16)19(17,18)13-11(3)6-4-7-12(13)14/h4,6-7,10,16H,5,8-9,14H2,1-3H3. The molecule has 0 atom stereocenters. The summed E-state index contributed by atoms with van der Waals surface area (Å²) in [7, 11) is -3.64. The van der Waals surface area contributed by atoms with Crippen molar-refractivity contribution in [3.8, 4) is 0 Å². The first kappa shape index (κ1) is 15.9. The molecule has 0 fully saturated rings. The molecule has 0 spiro atoms. The van der Waals surface area contributed by atoms with Gasteiger partial charge in [0.2, 0.25) is 10.0 Å². The fourth-order valence-corrected chi connectivity index (χ4v) is 4.03. The van der Waals surface area contributed by atoms with Crippen molar-refractivity contribution in [2.24, 2.45) is 0 Å². The third-order valence-electron chi connectivity index (χ3n) is 2.92. The minimum atomic E-state index is -3.64. The van der Waals surface area contributed by atoms with Gasteiger partial charge in [-0.25, -0.2) is 8.42 Å². The van der Waals surface area contributed by atoms with Crippen LogP contribution in [-0.4, -0.2) is 37.0 Å². The van der Waals surface area contributed by atoms with Crippen LogP contribution in [0.3, 0.4) is 0 Å². The Balaban J connectivity index is 3.27. The molecule has 19 heavy (non-hydrogen) atoms. The van der Waals surface area contributed by atoms with Crippen molar-refractivity contribution in [3.63, 3.8) is 0 Å². The topological polar surface area (TPSA) is 83.6 Å². The van der Waals surface area contributed by atoms with Crippen LogP contribution in [0, 0.1) is 6.92 Å². The molecule has 6 heteroatoms. The third-order valence-corrected chi connectivity index (χ3v) is 5.22. The Morgan fingerprint density at radius 1 is 1.37 bits per heavy atom. The molecule has 0 saturated carbocycles. The highest BCUT2D eigenvalue weighted by Gasteiger charge is 2.29. The van der Waals surface area contributed by atoms with E-state index < -0.39 is 10.0 Å². The highest BCUT2D eigenvalue weighted by atomic mass is 32.2. The van der Waals surface area contributed by atoms with E-state index in [1.165, 1.54) is 4.31 Å². The molecule has 0 unspecified atom stereocenters. The summed E-state index contributed by atoms with van der Waals surface area (Å²) >= 11 is 0. The molecule has 5 nitrogen and oxygen atoms in total. The molecule has 0 aliphatic heterocycles. The fourth-order valence-electron chi connectivity index (χ4n) is 2.03. The molecule has 0 saturated heterocycles. The Labute approximate surface area is 115 Å². The maximum absolute atomic E-state index is 12.7. The van der Waals surface area contributed by atoms with Gasteiger partial charge in [0.15, 0.2) is 0 Å². The summed E-state index contributed by atoms with van der Waals surface area (Å²) in [6.45, 7) is 5.59. The lowest BCUT2D eigenvalue weighted by Gasteiger charge is -2.27. The third kappa shape index (κ3) is 3.46. The summed E-state index contributed by atoms with van der Waals surface area (Å²) in [6, 6.07) is 4.87. The van der Waals surface area contributed by atoms with Crippen molar-refractivity contribution in [1.29, 1.82) is 0 Å². The second-order valence-corrected chi connectivity index (χ2v) is 6.61. The number of hydrogen-bond acceptors (Lipinski definition) is 4. The van der Waals surface area contributed by atoms with E-state index in [2.05, 4.69) is 0 Å². The molecule has 0 aliphatic carbocycles. The van der Waals surface area contributed by atoms with Gasteiger partial charge in [0, 0.05) is 19.2 Å². The van der Waals surface area contributed by atoms with Crippen LogP contribution in [0.15, 0.2) is 23.1 Å². The highest BCUT2D eigenvalue weighted by Crippen LogP contribution is 2.27. The highest BCUT2D eigenvalue weighted by molar-refractivity contribution is 7.89. The number of nitrogen functional groups attached to an aromatic ring is 1. The van der Waals surface area contributed by atoms with Gasteiger partial charge in [0.05, 0.1) is 5.69 Å². The van der Waals surface area contributed by atoms with Crippen molar-refractivity contribution >= 4 is 15.7 Å². The van der Waals surface area contributed by atoms with Gasteiger partial charge in [0.25, 0.3) is 0 Å². The van der Waals surface area contributed by atoms with Gasteiger partial charge in [0.1, 0.15) is 4.90 Å². The minimum absolute atomic E-state index is 0.0397. The van der Waals surface area contributed by atoms with E-state index in [-0.39, 0.29) is 29.8 Å². The summed E-state index contributed by atoms with van der Waals surface area (Å²) in [4.78, 5) is 0.168. The fraction of sp³-hybridized carbons (Fsp3) is 0.538. The number of sulfonamides is 1. The van der Waals surface area contributed by atoms with Crippen molar-refractivity contribution in [2.45, 2.75) is 38.1 Å². The summed E-state index contributed by atoms with van der Waals surface area (Å²) < 4.78 is 26.7. The molecule has 0 aromatic heterocycles. The zero-order chi connectivity index (χ0) is 14.6. The number of nitrogens with zero attached hydrogens (tertiary/aromatic N) is 1. The van der Waals surface area contributed by atoms with Gasteiger partial charge >= 0.3 is 0 Å². The summed E-state index contributed by atoms with van der Waals surface area (Å²) in [5.74, 6) is 0. The van der Waals surface area contributed by atoms with E-state index >= 15 is 0 Å². The monoisotopic (exact) mass is 286 g/mol. The van der Waals surface area contributed by atoms with Gasteiger partial charge in [-0.1, -0.05) is 12.1 Å². The van der Waals surface area contributed by atoms with Crippen LogP contribution in [0.5, 0.6) is 0 Å².